The minimum atomic E-state index is 0.0892. The zero-order chi connectivity index (χ0) is 18.6. The van der Waals surface area contributed by atoms with Crippen LogP contribution in [0.4, 0.5) is 17.5 Å². The first-order valence-corrected chi connectivity index (χ1v) is 10.2. The van der Waals surface area contributed by atoms with E-state index in [0.717, 1.165) is 34.1 Å². The van der Waals surface area contributed by atoms with E-state index in [-0.39, 0.29) is 5.91 Å². The Labute approximate surface area is 169 Å². The molecule has 3 aromatic heterocycles. The van der Waals surface area contributed by atoms with Crippen LogP contribution in [0.2, 0.25) is 0 Å². The number of nitrogens with one attached hydrogen (secondary N) is 1. The fraction of sp³-hybridized carbons (Fsp3) is 0.222. The lowest BCUT2D eigenvalue weighted by Crippen LogP contribution is -2.49. The van der Waals surface area contributed by atoms with Gasteiger partial charge in [0, 0.05) is 42.2 Å². The van der Waals surface area contributed by atoms with Crippen molar-refractivity contribution in [1.29, 1.82) is 0 Å². The summed E-state index contributed by atoms with van der Waals surface area (Å²) in [4.78, 5) is 21.5. The molecule has 0 unspecified atom stereocenters. The molecule has 4 heterocycles. The molecule has 7 nitrogen and oxygen atoms in total. The van der Waals surface area contributed by atoms with Gasteiger partial charge in [-0.25, -0.2) is 4.98 Å². The molecule has 0 saturated carbocycles. The molecular formula is C18H17BrN6OS. The number of pyridine rings is 1. The number of rotatable bonds is 4. The normalized spacial score (nSPS) is 14.3. The van der Waals surface area contributed by atoms with E-state index in [1.54, 1.807) is 6.20 Å². The highest BCUT2D eigenvalue weighted by Gasteiger charge is 2.24. The average molecular weight is 445 g/mol. The van der Waals surface area contributed by atoms with Crippen molar-refractivity contribution in [2.24, 2.45) is 0 Å². The Hall–Kier alpha value is -2.52. The predicted molar refractivity (Wildman–Crippen MR) is 110 cm³/mol. The summed E-state index contributed by atoms with van der Waals surface area (Å²) in [7, 11) is 0. The molecule has 1 saturated heterocycles. The average Bonchev–Trinajstić information content (AvgIpc) is 3.15. The number of thiophene rings is 1. The van der Waals surface area contributed by atoms with Crippen LogP contribution in [0.25, 0.3) is 0 Å². The first kappa shape index (κ1) is 17.9. The summed E-state index contributed by atoms with van der Waals surface area (Å²) in [5, 5.41) is 13.6. The van der Waals surface area contributed by atoms with Gasteiger partial charge in [0.05, 0.1) is 4.88 Å². The van der Waals surface area contributed by atoms with Gasteiger partial charge in [-0.3, -0.25) is 4.79 Å². The molecule has 1 aliphatic rings. The number of hydrogen-bond acceptors (Lipinski definition) is 7. The lowest BCUT2D eigenvalue weighted by molar-refractivity contribution is 0.0751. The van der Waals surface area contributed by atoms with Gasteiger partial charge in [0.1, 0.15) is 5.82 Å². The van der Waals surface area contributed by atoms with E-state index in [2.05, 4.69) is 41.3 Å². The zero-order valence-corrected chi connectivity index (χ0v) is 16.8. The third-order valence-electron chi connectivity index (χ3n) is 4.24. The quantitative estimate of drug-likeness (QED) is 0.664. The second kappa shape index (κ2) is 8.01. The number of halogens is 1. The van der Waals surface area contributed by atoms with Crippen molar-refractivity contribution >= 4 is 50.6 Å². The van der Waals surface area contributed by atoms with Crippen LogP contribution in [0.3, 0.4) is 0 Å². The lowest BCUT2D eigenvalue weighted by atomic mass is 10.3. The summed E-state index contributed by atoms with van der Waals surface area (Å²) in [6.45, 7) is 2.81. The minimum Gasteiger partial charge on any atom is -0.352 e. The molecule has 0 aromatic carbocycles. The summed E-state index contributed by atoms with van der Waals surface area (Å²) in [6.07, 6.45) is 1.72. The fourth-order valence-electron chi connectivity index (χ4n) is 2.85. The van der Waals surface area contributed by atoms with Gasteiger partial charge in [0.25, 0.3) is 5.91 Å². The molecule has 0 spiro atoms. The van der Waals surface area contributed by atoms with E-state index in [9.17, 15) is 4.79 Å². The number of hydrogen-bond donors (Lipinski definition) is 1. The predicted octanol–water partition coefficient (Wildman–Crippen LogP) is 3.40. The topological polar surface area (TPSA) is 74.2 Å². The number of carbonyl (C=O) groups excluding carboxylic acids is 1. The van der Waals surface area contributed by atoms with Crippen LogP contribution in [0.15, 0.2) is 52.4 Å². The fourth-order valence-corrected chi connectivity index (χ4v) is 4.24. The van der Waals surface area contributed by atoms with Crippen molar-refractivity contribution < 1.29 is 4.79 Å². The molecule has 1 fully saturated rings. The van der Waals surface area contributed by atoms with Gasteiger partial charge >= 0.3 is 0 Å². The highest BCUT2D eigenvalue weighted by molar-refractivity contribution is 9.10. The molecular weight excluding hydrogens is 428 g/mol. The van der Waals surface area contributed by atoms with Gasteiger partial charge in [0.2, 0.25) is 0 Å². The summed E-state index contributed by atoms with van der Waals surface area (Å²) >= 11 is 4.86. The van der Waals surface area contributed by atoms with Crippen LogP contribution in [0.5, 0.6) is 0 Å². The molecule has 27 heavy (non-hydrogen) atoms. The standard InChI is InChI=1S/C18H17BrN6OS/c19-13-11-14(27-12-13)18(26)25-9-7-24(8-10-25)17-5-4-16(22-23-17)21-15-3-1-2-6-20-15/h1-6,11-12H,7-10H2,(H,20,21,22). The Balaban J connectivity index is 1.35. The van der Waals surface area contributed by atoms with Crippen molar-refractivity contribution in [2.45, 2.75) is 0 Å². The molecule has 0 bridgehead atoms. The van der Waals surface area contributed by atoms with E-state index in [0.29, 0.717) is 18.9 Å². The lowest BCUT2D eigenvalue weighted by Gasteiger charge is -2.35. The number of carbonyl (C=O) groups is 1. The molecule has 1 aliphatic heterocycles. The Morgan fingerprint density at radius 3 is 2.56 bits per heavy atom. The highest BCUT2D eigenvalue weighted by atomic mass is 79.9. The second-order valence-electron chi connectivity index (χ2n) is 6.03. The summed E-state index contributed by atoms with van der Waals surface area (Å²) in [5.74, 6) is 2.28. The monoisotopic (exact) mass is 444 g/mol. The smallest absolute Gasteiger partial charge is 0.264 e. The van der Waals surface area contributed by atoms with Crippen LogP contribution in [-0.2, 0) is 0 Å². The van der Waals surface area contributed by atoms with Crippen LogP contribution < -0.4 is 10.2 Å². The van der Waals surface area contributed by atoms with Gasteiger partial charge in [-0.2, -0.15) is 0 Å². The van der Waals surface area contributed by atoms with Gasteiger partial charge in [-0.15, -0.1) is 21.5 Å². The van der Waals surface area contributed by atoms with Gasteiger partial charge in [-0.1, -0.05) is 6.07 Å². The SMILES string of the molecule is O=C(c1cc(Br)cs1)N1CCN(c2ccc(Nc3ccccn3)nn2)CC1. The number of amides is 1. The van der Waals surface area contributed by atoms with Crippen molar-refractivity contribution in [3.8, 4) is 0 Å². The zero-order valence-electron chi connectivity index (χ0n) is 14.4. The van der Waals surface area contributed by atoms with Crippen LogP contribution >= 0.6 is 27.3 Å². The van der Waals surface area contributed by atoms with Gasteiger partial charge in [-0.05, 0) is 46.3 Å². The third-order valence-corrected chi connectivity index (χ3v) is 5.92. The van der Waals surface area contributed by atoms with Crippen molar-refractivity contribution in [3.63, 3.8) is 0 Å². The van der Waals surface area contributed by atoms with E-state index in [4.69, 9.17) is 0 Å². The first-order valence-electron chi connectivity index (χ1n) is 8.49. The van der Waals surface area contributed by atoms with Gasteiger partial charge < -0.3 is 15.1 Å². The Bertz CT molecular complexity index is 909. The van der Waals surface area contributed by atoms with Gasteiger partial charge in [0.15, 0.2) is 11.6 Å². The van der Waals surface area contributed by atoms with E-state index in [1.807, 2.05) is 46.7 Å². The van der Waals surface area contributed by atoms with E-state index >= 15 is 0 Å². The molecule has 0 radical (unpaired) electrons. The molecule has 138 valence electrons. The maximum absolute atomic E-state index is 12.5. The van der Waals surface area contributed by atoms with Crippen molar-refractivity contribution in [3.05, 3.63) is 57.3 Å². The largest absolute Gasteiger partial charge is 0.352 e. The molecule has 1 amide bonds. The Morgan fingerprint density at radius 2 is 1.93 bits per heavy atom. The molecule has 3 aromatic rings. The van der Waals surface area contributed by atoms with Crippen molar-refractivity contribution in [2.75, 3.05) is 36.4 Å². The maximum Gasteiger partial charge on any atom is 0.264 e. The number of piperazine rings is 1. The molecule has 9 heteroatoms. The van der Waals surface area contributed by atoms with Crippen LogP contribution in [0.1, 0.15) is 9.67 Å². The molecule has 0 atom stereocenters. The van der Waals surface area contributed by atoms with E-state index < -0.39 is 0 Å². The van der Waals surface area contributed by atoms with E-state index in [1.165, 1.54) is 11.3 Å². The minimum absolute atomic E-state index is 0.0892. The summed E-state index contributed by atoms with van der Waals surface area (Å²) < 4.78 is 0.948. The Morgan fingerprint density at radius 1 is 1.07 bits per heavy atom. The number of nitrogens with zero attached hydrogens (tertiary/aromatic N) is 5. The first-order chi connectivity index (χ1) is 13.2. The molecule has 4 rings (SSSR count). The Kier molecular flexibility index (Phi) is 5.30. The van der Waals surface area contributed by atoms with Crippen LogP contribution in [-0.4, -0.2) is 52.2 Å². The number of aromatic nitrogens is 3. The second-order valence-corrected chi connectivity index (χ2v) is 7.85. The molecule has 1 N–H and O–H groups in total. The maximum atomic E-state index is 12.5. The number of anilines is 3. The van der Waals surface area contributed by atoms with Crippen molar-refractivity contribution in [1.82, 2.24) is 20.1 Å². The summed E-state index contributed by atoms with van der Waals surface area (Å²) in [5.41, 5.74) is 0. The summed E-state index contributed by atoms with van der Waals surface area (Å²) in [6, 6.07) is 11.3. The van der Waals surface area contributed by atoms with Crippen LogP contribution in [0, 0.1) is 0 Å². The highest BCUT2D eigenvalue weighted by Crippen LogP contribution is 2.22. The third kappa shape index (κ3) is 4.25. The molecule has 0 aliphatic carbocycles.